The van der Waals surface area contributed by atoms with Crippen LogP contribution in [0.5, 0.6) is 5.75 Å². The zero-order valence-corrected chi connectivity index (χ0v) is 20.1. The molecular formula is C27H25F2N5O2. The predicted octanol–water partition coefficient (Wildman–Crippen LogP) is 4.85. The largest absolute Gasteiger partial charge is 0.434 e. The standard InChI is InChI=1S/C27H25F2N5O2/c1-14-5-4-6-22(36-27(28)29)23(14)21-11-19(30-2)25-32-18-8-7-15(10-20(18)34(21)25)16-9-17-13-33(3)26(35)24(17)31-12-16/h4-10,12,19,21,27,30H,11,13H2,1-3H3. The third-order valence-corrected chi connectivity index (χ3v) is 7.24. The summed E-state index contributed by atoms with van der Waals surface area (Å²) >= 11 is 0. The number of halogens is 2. The van der Waals surface area contributed by atoms with Gasteiger partial charge in [0.15, 0.2) is 0 Å². The van der Waals surface area contributed by atoms with Gasteiger partial charge in [0.2, 0.25) is 0 Å². The van der Waals surface area contributed by atoms with Crippen LogP contribution in [0.4, 0.5) is 8.78 Å². The maximum absolute atomic E-state index is 13.3. The number of benzene rings is 2. The van der Waals surface area contributed by atoms with Crippen molar-refractivity contribution in [3.05, 3.63) is 76.9 Å². The summed E-state index contributed by atoms with van der Waals surface area (Å²) in [5, 5.41) is 3.32. The summed E-state index contributed by atoms with van der Waals surface area (Å²) in [5.41, 5.74) is 6.61. The maximum atomic E-state index is 13.3. The first kappa shape index (κ1) is 22.6. The summed E-state index contributed by atoms with van der Waals surface area (Å²) in [5.74, 6) is 0.981. The number of carbonyl (C=O) groups is 1. The fourth-order valence-electron chi connectivity index (χ4n) is 5.56. The molecular weight excluding hydrogens is 464 g/mol. The van der Waals surface area contributed by atoms with Gasteiger partial charge in [-0.3, -0.25) is 9.78 Å². The van der Waals surface area contributed by atoms with E-state index in [2.05, 4.69) is 20.9 Å². The number of alkyl halides is 2. The van der Waals surface area contributed by atoms with Gasteiger partial charge in [0.05, 0.1) is 23.1 Å². The first-order valence-electron chi connectivity index (χ1n) is 11.8. The highest BCUT2D eigenvalue weighted by Crippen LogP contribution is 2.45. The number of ether oxygens (including phenoxy) is 1. The van der Waals surface area contributed by atoms with Crippen LogP contribution in [0.3, 0.4) is 0 Å². The van der Waals surface area contributed by atoms with Gasteiger partial charge in [-0.2, -0.15) is 8.78 Å². The van der Waals surface area contributed by atoms with Crippen LogP contribution in [-0.2, 0) is 6.54 Å². The molecule has 2 aromatic carbocycles. The highest BCUT2D eigenvalue weighted by atomic mass is 19.3. The van der Waals surface area contributed by atoms with E-state index in [4.69, 9.17) is 9.72 Å². The maximum Gasteiger partial charge on any atom is 0.387 e. The Kier molecular flexibility index (Phi) is 5.26. The van der Waals surface area contributed by atoms with E-state index in [9.17, 15) is 13.6 Å². The number of hydrogen-bond acceptors (Lipinski definition) is 5. The number of nitrogens with zero attached hydrogens (tertiary/aromatic N) is 4. The number of pyridine rings is 1. The first-order chi connectivity index (χ1) is 17.4. The summed E-state index contributed by atoms with van der Waals surface area (Å²) in [6, 6.07) is 13.0. The van der Waals surface area contributed by atoms with Crippen molar-refractivity contribution in [2.45, 2.75) is 38.6 Å². The second-order valence-electron chi connectivity index (χ2n) is 9.39. The minimum Gasteiger partial charge on any atom is -0.434 e. The average molecular weight is 490 g/mol. The molecule has 9 heteroatoms. The Hall–Kier alpha value is -3.85. The van der Waals surface area contributed by atoms with Crippen LogP contribution in [-0.4, -0.2) is 46.0 Å². The second-order valence-corrected chi connectivity index (χ2v) is 9.39. The molecule has 2 unspecified atom stereocenters. The number of imidazole rings is 1. The third-order valence-electron chi connectivity index (χ3n) is 7.24. The van der Waals surface area contributed by atoms with Gasteiger partial charge in [-0.25, -0.2) is 4.98 Å². The fourth-order valence-corrected chi connectivity index (χ4v) is 5.56. The molecule has 0 bridgehead atoms. The molecule has 2 atom stereocenters. The van der Waals surface area contributed by atoms with E-state index >= 15 is 0 Å². The Morgan fingerprint density at radius 1 is 1.17 bits per heavy atom. The van der Waals surface area contributed by atoms with Crippen LogP contribution in [0.25, 0.3) is 22.2 Å². The number of rotatable bonds is 5. The highest BCUT2D eigenvalue weighted by molar-refractivity contribution is 5.96. The zero-order valence-electron chi connectivity index (χ0n) is 20.1. The van der Waals surface area contributed by atoms with Crippen molar-refractivity contribution in [3.8, 4) is 16.9 Å². The SMILES string of the molecule is CNC1CC(c2c(C)cccc2OC(F)F)n2c1nc1ccc(-c3cnc4c(c3)CN(C)C4=O)cc12. The molecule has 2 aliphatic heterocycles. The Balaban J connectivity index is 1.49. The molecule has 7 nitrogen and oxygen atoms in total. The normalized spacial score (nSPS) is 18.8. The minimum absolute atomic E-state index is 0.0342. The number of hydrogen-bond donors (Lipinski definition) is 1. The van der Waals surface area contributed by atoms with Crippen LogP contribution in [0.15, 0.2) is 48.7 Å². The monoisotopic (exact) mass is 489 g/mol. The van der Waals surface area contributed by atoms with E-state index < -0.39 is 6.61 Å². The molecule has 2 aliphatic rings. The van der Waals surface area contributed by atoms with Gasteiger partial charge in [0, 0.05) is 36.5 Å². The lowest BCUT2D eigenvalue weighted by molar-refractivity contribution is -0.0507. The predicted molar refractivity (Wildman–Crippen MR) is 131 cm³/mol. The number of carbonyl (C=O) groups excluding carboxylic acids is 1. The summed E-state index contributed by atoms with van der Waals surface area (Å²) in [7, 11) is 3.65. The van der Waals surface area contributed by atoms with Crippen molar-refractivity contribution < 1.29 is 18.3 Å². The molecule has 0 saturated carbocycles. The molecule has 2 aromatic heterocycles. The van der Waals surface area contributed by atoms with Gasteiger partial charge in [0.1, 0.15) is 17.3 Å². The van der Waals surface area contributed by atoms with Gasteiger partial charge in [-0.05, 0) is 55.8 Å². The summed E-state index contributed by atoms with van der Waals surface area (Å²) in [6.07, 6.45) is 2.39. The first-order valence-corrected chi connectivity index (χ1v) is 11.8. The fraction of sp³-hybridized carbons (Fsp3) is 0.296. The van der Waals surface area contributed by atoms with Gasteiger partial charge in [0.25, 0.3) is 5.91 Å². The summed E-state index contributed by atoms with van der Waals surface area (Å²) < 4.78 is 33.6. The minimum atomic E-state index is -2.91. The molecule has 36 heavy (non-hydrogen) atoms. The van der Waals surface area contributed by atoms with E-state index in [1.165, 1.54) is 0 Å². The van der Waals surface area contributed by atoms with Crippen LogP contribution < -0.4 is 10.1 Å². The lowest BCUT2D eigenvalue weighted by Gasteiger charge is -2.21. The van der Waals surface area contributed by atoms with Gasteiger partial charge < -0.3 is 19.5 Å². The zero-order chi connectivity index (χ0) is 25.1. The molecule has 1 N–H and O–H groups in total. The summed E-state index contributed by atoms with van der Waals surface area (Å²) in [6.45, 7) is -0.458. The number of aromatic nitrogens is 3. The lowest BCUT2D eigenvalue weighted by atomic mass is 9.96. The third kappa shape index (κ3) is 3.45. The van der Waals surface area contributed by atoms with Crippen LogP contribution >= 0.6 is 0 Å². The van der Waals surface area contributed by atoms with E-state index in [-0.39, 0.29) is 23.7 Å². The number of nitrogens with one attached hydrogen (secondary N) is 1. The van der Waals surface area contributed by atoms with Crippen LogP contribution in [0.2, 0.25) is 0 Å². The molecule has 184 valence electrons. The molecule has 0 aliphatic carbocycles. The van der Waals surface area contributed by atoms with Crippen molar-refractivity contribution in [1.82, 2.24) is 24.8 Å². The van der Waals surface area contributed by atoms with E-state index in [0.717, 1.165) is 44.7 Å². The van der Waals surface area contributed by atoms with Crippen molar-refractivity contribution >= 4 is 16.9 Å². The molecule has 1 amide bonds. The van der Waals surface area contributed by atoms with Crippen LogP contribution in [0.1, 0.15) is 51.5 Å². The topological polar surface area (TPSA) is 72.3 Å². The molecule has 4 aromatic rings. The molecule has 4 heterocycles. The quantitative estimate of drug-likeness (QED) is 0.434. The van der Waals surface area contributed by atoms with Crippen molar-refractivity contribution in [1.29, 1.82) is 0 Å². The van der Waals surface area contributed by atoms with Crippen molar-refractivity contribution in [3.63, 3.8) is 0 Å². The molecule has 6 rings (SSSR count). The number of fused-ring (bicyclic) bond motifs is 4. The van der Waals surface area contributed by atoms with Crippen LogP contribution in [0, 0.1) is 6.92 Å². The van der Waals surface area contributed by atoms with E-state index in [1.807, 2.05) is 38.2 Å². The van der Waals surface area contributed by atoms with Gasteiger partial charge >= 0.3 is 6.61 Å². The highest BCUT2D eigenvalue weighted by Gasteiger charge is 2.37. The summed E-state index contributed by atoms with van der Waals surface area (Å²) in [4.78, 5) is 23.2. The van der Waals surface area contributed by atoms with Crippen molar-refractivity contribution in [2.75, 3.05) is 14.1 Å². The molecule has 0 saturated heterocycles. The Labute approximate surface area is 206 Å². The Bertz CT molecular complexity index is 1520. The molecule has 0 fully saturated rings. The smallest absolute Gasteiger partial charge is 0.387 e. The average Bonchev–Trinajstić information content (AvgIpc) is 3.48. The number of aryl methyl sites for hydroxylation is 1. The lowest BCUT2D eigenvalue weighted by Crippen LogP contribution is -2.18. The van der Waals surface area contributed by atoms with Gasteiger partial charge in [-0.1, -0.05) is 18.2 Å². The van der Waals surface area contributed by atoms with Crippen molar-refractivity contribution in [2.24, 2.45) is 0 Å². The molecule has 0 spiro atoms. The number of amides is 1. The van der Waals surface area contributed by atoms with E-state index in [0.29, 0.717) is 18.7 Å². The Morgan fingerprint density at radius 3 is 2.78 bits per heavy atom. The second kappa shape index (κ2) is 8.37. The Morgan fingerprint density at radius 2 is 2.00 bits per heavy atom. The van der Waals surface area contributed by atoms with E-state index in [1.54, 1.807) is 30.3 Å². The van der Waals surface area contributed by atoms with Gasteiger partial charge in [-0.15, -0.1) is 0 Å². The molecule has 0 radical (unpaired) electrons.